The third-order valence-electron chi connectivity index (χ3n) is 2.78. The first-order chi connectivity index (χ1) is 7.02. The quantitative estimate of drug-likeness (QED) is 0.567. The maximum atomic E-state index is 6.19. The molecule has 0 amide bonds. The van der Waals surface area contributed by atoms with Crippen LogP contribution >= 0.6 is 17.4 Å². The maximum Gasteiger partial charge on any atom is 0.198 e. The average molecular weight is 262 g/mol. The van der Waals surface area contributed by atoms with Crippen molar-refractivity contribution in [3.63, 3.8) is 0 Å². The molecular weight excluding hydrogens is 249 g/mol. The number of benzene rings is 1. The normalized spacial score (nSPS) is 37.1. The standard InChI is InChI=1S/C10H13ClNOPS/c1-8-10(9-6-4-3-5-7-9)13-14(11,15)12(8)2/h3-8,10H,1-2H3/t8-,10-,14?/m1/s1. The Balaban J connectivity index is 2.27. The van der Waals surface area contributed by atoms with Gasteiger partial charge < -0.3 is 12.2 Å². The minimum atomic E-state index is -2.27. The maximum absolute atomic E-state index is 6.19. The van der Waals surface area contributed by atoms with Crippen LogP contribution in [0.3, 0.4) is 0 Å². The van der Waals surface area contributed by atoms with E-state index in [1.807, 2.05) is 42.0 Å². The molecule has 1 fully saturated rings. The van der Waals surface area contributed by atoms with Gasteiger partial charge in [0.05, 0.1) is 6.04 Å². The lowest BCUT2D eigenvalue weighted by Crippen LogP contribution is -2.23. The molecular formula is C10H13ClNOPS. The van der Waals surface area contributed by atoms with E-state index in [9.17, 15) is 0 Å². The molecule has 1 saturated heterocycles. The molecule has 0 spiro atoms. The van der Waals surface area contributed by atoms with E-state index < -0.39 is 6.19 Å². The van der Waals surface area contributed by atoms with Crippen LogP contribution < -0.4 is 0 Å². The van der Waals surface area contributed by atoms with Crippen LogP contribution in [0.2, 0.25) is 0 Å². The SMILES string of the molecule is C[C@@H]1[C@H](c2ccccc2)O[P+]([S-])(Cl)N1C. The minimum Gasteiger partial charge on any atom is -0.486 e. The molecule has 1 unspecified atom stereocenters. The Hall–Kier alpha value is 0.210. The molecule has 1 aromatic carbocycles. The summed E-state index contributed by atoms with van der Waals surface area (Å²) < 4.78 is 7.75. The van der Waals surface area contributed by atoms with Crippen molar-refractivity contribution in [2.75, 3.05) is 7.05 Å². The highest BCUT2D eigenvalue weighted by atomic mass is 35.7. The molecule has 1 heterocycles. The zero-order valence-corrected chi connectivity index (χ0v) is 11.1. The molecule has 5 heteroatoms. The second-order valence-corrected chi connectivity index (χ2v) is 8.91. The Kier molecular flexibility index (Phi) is 3.30. The van der Waals surface area contributed by atoms with Crippen LogP contribution in [-0.4, -0.2) is 17.8 Å². The van der Waals surface area contributed by atoms with Crippen molar-refractivity contribution in [1.82, 2.24) is 4.67 Å². The van der Waals surface area contributed by atoms with Gasteiger partial charge in [0.1, 0.15) is 17.3 Å². The van der Waals surface area contributed by atoms with Crippen molar-refractivity contribution in [2.45, 2.75) is 19.1 Å². The van der Waals surface area contributed by atoms with Gasteiger partial charge in [0.15, 0.2) is 6.19 Å². The number of halogens is 1. The van der Waals surface area contributed by atoms with Gasteiger partial charge in [-0.2, -0.15) is 4.67 Å². The average Bonchev–Trinajstić information content (AvgIpc) is 2.44. The number of nitrogens with zero attached hydrogens (tertiary/aromatic N) is 1. The minimum absolute atomic E-state index is 0.000432. The van der Waals surface area contributed by atoms with E-state index in [0.717, 1.165) is 5.56 Å². The third kappa shape index (κ3) is 2.17. The molecule has 1 aliphatic heterocycles. The van der Waals surface area contributed by atoms with Gasteiger partial charge in [-0.25, -0.2) is 4.52 Å². The van der Waals surface area contributed by atoms with Gasteiger partial charge >= 0.3 is 0 Å². The summed E-state index contributed by atoms with van der Waals surface area (Å²) in [4.78, 5) is 0. The lowest BCUT2D eigenvalue weighted by molar-refractivity contribution is 0.218. The summed E-state index contributed by atoms with van der Waals surface area (Å²) in [5.41, 5.74) is 1.14. The molecule has 0 saturated carbocycles. The van der Waals surface area contributed by atoms with E-state index in [1.54, 1.807) is 0 Å². The fourth-order valence-corrected chi connectivity index (χ4v) is 4.38. The first-order valence-electron chi connectivity index (χ1n) is 4.79. The van der Waals surface area contributed by atoms with Crippen LogP contribution in [0.1, 0.15) is 18.6 Å². The Bertz CT molecular complexity index is 349. The first kappa shape index (κ1) is 11.7. The van der Waals surface area contributed by atoms with Crippen molar-refractivity contribution in [3.8, 4) is 0 Å². The van der Waals surface area contributed by atoms with E-state index in [2.05, 4.69) is 6.92 Å². The third-order valence-corrected chi connectivity index (χ3v) is 6.37. The van der Waals surface area contributed by atoms with Gasteiger partial charge in [0, 0.05) is 7.05 Å². The van der Waals surface area contributed by atoms with Gasteiger partial charge in [0.25, 0.3) is 0 Å². The second kappa shape index (κ2) is 4.23. The van der Waals surface area contributed by atoms with Crippen molar-refractivity contribution >= 4 is 29.7 Å². The number of hydrogen-bond donors (Lipinski definition) is 0. The first-order valence-corrected chi connectivity index (χ1v) is 8.36. The molecule has 2 rings (SSSR count). The summed E-state index contributed by atoms with van der Waals surface area (Å²) in [5.74, 6) is 0. The van der Waals surface area contributed by atoms with E-state index >= 15 is 0 Å². The van der Waals surface area contributed by atoms with Crippen molar-refractivity contribution < 1.29 is 4.52 Å². The van der Waals surface area contributed by atoms with Gasteiger partial charge in [-0.15, -0.1) is 0 Å². The molecule has 82 valence electrons. The monoisotopic (exact) mass is 261 g/mol. The molecule has 0 radical (unpaired) electrons. The van der Waals surface area contributed by atoms with E-state index in [4.69, 9.17) is 28.0 Å². The van der Waals surface area contributed by atoms with Gasteiger partial charge in [0.2, 0.25) is 0 Å². The van der Waals surface area contributed by atoms with E-state index in [0.29, 0.717) is 0 Å². The van der Waals surface area contributed by atoms with Crippen LogP contribution in [-0.2, 0) is 16.8 Å². The zero-order valence-electron chi connectivity index (χ0n) is 8.63. The summed E-state index contributed by atoms with van der Waals surface area (Å²) in [6.45, 7) is 2.09. The summed E-state index contributed by atoms with van der Waals surface area (Å²) in [7, 11) is 1.93. The number of likely N-dealkylation sites (N-methyl/N-ethyl adjacent to an activating group) is 1. The topological polar surface area (TPSA) is 12.5 Å². The zero-order chi connectivity index (χ0) is 11.1. The van der Waals surface area contributed by atoms with Crippen LogP contribution in [0.5, 0.6) is 0 Å². The second-order valence-electron chi connectivity index (χ2n) is 3.70. The molecule has 0 bridgehead atoms. The molecule has 15 heavy (non-hydrogen) atoms. The Labute approximate surface area is 101 Å². The molecule has 2 nitrogen and oxygen atoms in total. The number of hydrogen-bond acceptors (Lipinski definition) is 3. The van der Waals surface area contributed by atoms with Crippen molar-refractivity contribution in [2.24, 2.45) is 0 Å². The fraction of sp³-hybridized carbons (Fsp3) is 0.400. The fourth-order valence-electron chi connectivity index (χ4n) is 1.70. The van der Waals surface area contributed by atoms with Crippen LogP contribution in [0, 0.1) is 0 Å². The lowest BCUT2D eigenvalue weighted by Gasteiger charge is -2.22. The van der Waals surface area contributed by atoms with Crippen LogP contribution in [0.4, 0.5) is 0 Å². The summed E-state index contributed by atoms with van der Waals surface area (Å²) in [5, 5.41) is 0. The highest BCUT2D eigenvalue weighted by Crippen LogP contribution is 2.73. The summed E-state index contributed by atoms with van der Waals surface area (Å²) >= 11 is 11.5. The summed E-state index contributed by atoms with van der Waals surface area (Å²) in [6, 6.07) is 10.3. The predicted octanol–water partition coefficient (Wildman–Crippen LogP) is 3.54. The van der Waals surface area contributed by atoms with Crippen LogP contribution in [0.25, 0.3) is 0 Å². The molecule has 3 atom stereocenters. The molecule has 1 aromatic rings. The summed E-state index contributed by atoms with van der Waals surface area (Å²) in [6.07, 6.45) is -2.27. The van der Waals surface area contributed by atoms with E-state index in [-0.39, 0.29) is 12.1 Å². The number of rotatable bonds is 1. The highest BCUT2D eigenvalue weighted by Gasteiger charge is 2.48. The smallest absolute Gasteiger partial charge is 0.198 e. The molecule has 0 N–H and O–H groups in total. The Morgan fingerprint density at radius 3 is 2.47 bits per heavy atom. The highest BCUT2D eigenvalue weighted by molar-refractivity contribution is 8.49. The van der Waals surface area contributed by atoms with Crippen molar-refractivity contribution in [1.29, 1.82) is 0 Å². The Morgan fingerprint density at radius 2 is 2.00 bits per heavy atom. The largest absolute Gasteiger partial charge is 0.486 e. The Morgan fingerprint density at radius 1 is 1.40 bits per heavy atom. The van der Waals surface area contributed by atoms with E-state index in [1.165, 1.54) is 0 Å². The molecule has 0 aromatic heterocycles. The molecule has 0 aliphatic carbocycles. The predicted molar refractivity (Wildman–Crippen MR) is 67.6 cm³/mol. The van der Waals surface area contributed by atoms with Crippen LogP contribution in [0.15, 0.2) is 30.3 Å². The lowest BCUT2D eigenvalue weighted by atomic mass is 10.0. The molecule has 1 aliphatic rings. The van der Waals surface area contributed by atoms with Gasteiger partial charge in [-0.05, 0) is 12.5 Å². The van der Waals surface area contributed by atoms with Gasteiger partial charge in [-0.3, -0.25) is 0 Å². The van der Waals surface area contributed by atoms with Crippen molar-refractivity contribution in [3.05, 3.63) is 35.9 Å². The van der Waals surface area contributed by atoms with Gasteiger partial charge in [-0.1, -0.05) is 30.3 Å².